The summed E-state index contributed by atoms with van der Waals surface area (Å²) in [5, 5.41) is 37.6. The average Bonchev–Trinajstić information content (AvgIpc) is 3.29. The van der Waals surface area contributed by atoms with Crippen molar-refractivity contribution >= 4 is 58.9 Å². The number of carbonyl (C=O) groups excluding carboxylic acids is 8. The van der Waals surface area contributed by atoms with Gasteiger partial charge < -0.3 is 61.1 Å². The van der Waals surface area contributed by atoms with Crippen LogP contribution in [0, 0.1) is 0 Å². The lowest BCUT2D eigenvalue weighted by Crippen LogP contribution is -2.50. The number of hydrogen-bond donors (Lipinski definition) is 8. The second-order valence-electron chi connectivity index (χ2n) is 18.0. The van der Waals surface area contributed by atoms with Crippen molar-refractivity contribution in [2.24, 2.45) is 0 Å². The Balaban J connectivity index is 1.27. The van der Waals surface area contributed by atoms with E-state index >= 15 is 0 Å². The van der Waals surface area contributed by atoms with E-state index in [9.17, 15) is 48.6 Å². The molecular formula is C50H58N6O14. The number of amides is 4. The third-order valence-electron chi connectivity index (χ3n) is 10.00. The lowest BCUT2D eigenvalue weighted by molar-refractivity contribution is -0.147. The van der Waals surface area contributed by atoms with Crippen molar-refractivity contribution in [3.8, 4) is 11.5 Å². The second kappa shape index (κ2) is 23.7. The maximum Gasteiger partial charge on any atom is 0.408 e. The lowest BCUT2D eigenvalue weighted by atomic mass is 9.81. The second-order valence-corrected chi connectivity index (χ2v) is 18.0. The number of ether oxygens (including phenoxy) is 4. The first kappa shape index (κ1) is 52.8. The average molecular weight is 967 g/mol. The molecule has 0 fully saturated rings. The summed E-state index contributed by atoms with van der Waals surface area (Å²) >= 11 is 0. The highest BCUT2D eigenvalue weighted by Crippen LogP contribution is 2.42. The minimum absolute atomic E-state index is 0.0618. The Morgan fingerprint density at radius 3 is 1.20 bits per heavy atom. The third kappa shape index (κ3) is 15.4. The molecule has 0 saturated carbocycles. The molecule has 4 amide bonds. The first-order valence-corrected chi connectivity index (χ1v) is 22.3. The summed E-state index contributed by atoms with van der Waals surface area (Å²) < 4.78 is 21.3. The van der Waals surface area contributed by atoms with Crippen LogP contribution in [0.15, 0.2) is 84.9 Å². The van der Waals surface area contributed by atoms with E-state index in [1.807, 2.05) is 0 Å². The van der Waals surface area contributed by atoms with Gasteiger partial charge in [-0.05, 0) is 76.9 Å². The Morgan fingerprint density at radius 2 is 0.857 bits per heavy atom. The molecule has 372 valence electrons. The molecule has 2 atom stereocenters. The number of fused-ring (bicyclic) bond motifs is 2. The third-order valence-corrected chi connectivity index (χ3v) is 10.00. The number of ketones is 2. The molecule has 0 aromatic heterocycles. The molecule has 1 aliphatic carbocycles. The highest BCUT2D eigenvalue weighted by Gasteiger charge is 2.38. The van der Waals surface area contributed by atoms with E-state index in [-0.39, 0.29) is 61.9 Å². The van der Waals surface area contributed by atoms with Crippen molar-refractivity contribution in [2.75, 3.05) is 36.8 Å². The van der Waals surface area contributed by atoms with Crippen LogP contribution in [0.3, 0.4) is 0 Å². The molecule has 20 nitrogen and oxygen atoms in total. The van der Waals surface area contributed by atoms with Gasteiger partial charge in [0.05, 0.1) is 35.1 Å². The minimum atomic E-state index is -1.40. The molecule has 5 rings (SSSR count). The fraction of sp³-hybridized carbons (Fsp3) is 0.360. The molecule has 4 aromatic carbocycles. The summed E-state index contributed by atoms with van der Waals surface area (Å²) in [5.74, 6) is -5.79. The number of benzene rings is 4. The van der Waals surface area contributed by atoms with Crippen LogP contribution >= 0.6 is 0 Å². The van der Waals surface area contributed by atoms with Gasteiger partial charge in [0.2, 0.25) is 23.4 Å². The first-order chi connectivity index (χ1) is 33.1. The molecule has 20 heteroatoms. The van der Waals surface area contributed by atoms with Crippen LogP contribution in [-0.2, 0) is 51.3 Å². The van der Waals surface area contributed by atoms with Gasteiger partial charge in [-0.3, -0.25) is 28.8 Å². The molecule has 0 unspecified atom stereocenters. The number of alkyl carbamates (subject to hydrolysis) is 2. The summed E-state index contributed by atoms with van der Waals surface area (Å²) in [7, 11) is 0. The van der Waals surface area contributed by atoms with Crippen LogP contribution in [0.25, 0.3) is 0 Å². The van der Waals surface area contributed by atoms with Crippen LogP contribution in [0.4, 0.5) is 21.0 Å². The molecule has 70 heavy (non-hydrogen) atoms. The molecule has 1 aliphatic rings. The van der Waals surface area contributed by atoms with Gasteiger partial charge >= 0.3 is 24.1 Å². The van der Waals surface area contributed by atoms with Gasteiger partial charge in [-0.2, -0.15) is 0 Å². The Kier molecular flexibility index (Phi) is 17.9. The lowest BCUT2D eigenvalue weighted by Gasteiger charge is -2.25. The van der Waals surface area contributed by atoms with Crippen molar-refractivity contribution < 1.29 is 67.5 Å². The number of carbonyl (C=O) groups is 8. The molecular weight excluding hydrogens is 909 g/mol. The van der Waals surface area contributed by atoms with Gasteiger partial charge in [0.25, 0.3) is 0 Å². The number of rotatable bonds is 20. The molecule has 8 N–H and O–H groups in total. The summed E-state index contributed by atoms with van der Waals surface area (Å²) in [6.45, 7) is 9.28. The molecule has 0 radical (unpaired) electrons. The number of aromatic hydroxyl groups is 2. The normalized spacial score (nSPS) is 12.7. The van der Waals surface area contributed by atoms with Crippen molar-refractivity contribution in [2.45, 2.75) is 90.9 Å². The number of esters is 2. The van der Waals surface area contributed by atoms with Crippen molar-refractivity contribution in [1.82, 2.24) is 21.3 Å². The van der Waals surface area contributed by atoms with Gasteiger partial charge in [0.1, 0.15) is 48.0 Å². The number of nitrogens with one attached hydrogen (secondary N) is 6. The summed E-state index contributed by atoms with van der Waals surface area (Å²) in [6.07, 6.45) is -2.95. The monoisotopic (exact) mass is 966 g/mol. The van der Waals surface area contributed by atoms with Gasteiger partial charge in [-0.25, -0.2) is 9.59 Å². The van der Waals surface area contributed by atoms with Gasteiger partial charge in [0.15, 0.2) is 0 Å². The van der Waals surface area contributed by atoms with Crippen molar-refractivity contribution in [3.05, 3.63) is 118 Å². The van der Waals surface area contributed by atoms with E-state index in [0.29, 0.717) is 11.1 Å². The maximum atomic E-state index is 14.2. The molecule has 0 heterocycles. The van der Waals surface area contributed by atoms with Crippen LogP contribution < -0.4 is 31.9 Å². The smallest absolute Gasteiger partial charge is 0.408 e. The maximum absolute atomic E-state index is 14.2. The largest absolute Gasteiger partial charge is 0.507 e. The number of phenols is 2. The summed E-state index contributed by atoms with van der Waals surface area (Å²) in [5.41, 5.74) is -1.40. The number of hydrogen-bond acceptors (Lipinski definition) is 16. The Hall–Kier alpha value is -8.16. The zero-order chi connectivity index (χ0) is 51.2. The van der Waals surface area contributed by atoms with Crippen molar-refractivity contribution in [1.29, 1.82) is 0 Å². The molecule has 0 aliphatic heterocycles. The fourth-order valence-electron chi connectivity index (χ4n) is 6.92. The quantitative estimate of drug-likeness (QED) is 0.0221. The van der Waals surface area contributed by atoms with Crippen LogP contribution in [0.2, 0.25) is 0 Å². The molecule has 4 aromatic rings. The zero-order valence-electron chi connectivity index (χ0n) is 39.7. The van der Waals surface area contributed by atoms with E-state index in [0.717, 1.165) is 12.1 Å². The fourth-order valence-corrected chi connectivity index (χ4v) is 6.92. The number of phenolic OH excluding ortho intramolecular Hbond substituents is 2. The van der Waals surface area contributed by atoms with Crippen LogP contribution in [-0.4, -0.2) is 107 Å². The van der Waals surface area contributed by atoms with Gasteiger partial charge in [-0.15, -0.1) is 0 Å². The van der Waals surface area contributed by atoms with E-state index < -0.39 is 106 Å². The molecule has 0 bridgehead atoms. The summed E-state index contributed by atoms with van der Waals surface area (Å²) in [4.78, 5) is 106. The predicted molar refractivity (Wildman–Crippen MR) is 254 cm³/mol. The van der Waals surface area contributed by atoms with E-state index in [1.165, 1.54) is 12.1 Å². The first-order valence-electron chi connectivity index (χ1n) is 22.3. The van der Waals surface area contributed by atoms with Gasteiger partial charge in [-0.1, -0.05) is 60.7 Å². The van der Waals surface area contributed by atoms with E-state index in [4.69, 9.17) is 18.9 Å². The van der Waals surface area contributed by atoms with Gasteiger partial charge in [0, 0.05) is 37.6 Å². The Labute approximate surface area is 404 Å². The van der Waals surface area contributed by atoms with E-state index in [1.54, 1.807) is 102 Å². The zero-order valence-corrected chi connectivity index (χ0v) is 39.7. The summed E-state index contributed by atoms with van der Waals surface area (Å²) in [6, 6.07) is 20.0. The highest BCUT2D eigenvalue weighted by molar-refractivity contribution is 6.33. The predicted octanol–water partition coefficient (Wildman–Crippen LogP) is 4.98. The van der Waals surface area contributed by atoms with Crippen LogP contribution in [0.5, 0.6) is 11.5 Å². The topological polar surface area (TPSA) is 286 Å². The molecule has 0 saturated heterocycles. The Bertz CT molecular complexity index is 2400. The minimum Gasteiger partial charge on any atom is -0.507 e. The molecule has 0 spiro atoms. The van der Waals surface area contributed by atoms with Crippen molar-refractivity contribution in [3.63, 3.8) is 0 Å². The highest BCUT2D eigenvalue weighted by atomic mass is 16.6. The standard InChI is InChI=1S/C50H58N6O14/c1-49(2,3)69-47(65)55-33(25-37(59)67-27-29-13-9-7-10-14-29)45(63)53-23-21-51-31-17-18-32(40-39(31)43(61)41-35(57)19-20-36(58)42(41)44(40)62)52-22-24-54-46(64)34(56-48(66)70-50(4,5)6)26-38(60)68-28-30-15-11-8-12-16-30/h7-20,33-34,51-52,57-58H,21-28H2,1-6H3,(H,53,63)(H,54,64)(H,55,65)(H,56,66)/t33-,34+. The SMILES string of the molecule is CC(C)(C)OC(=O)N[C@@H](CC(=O)OCc1ccccc1)C(=O)NCCNc1ccc(NCCNC(=O)[C@@H](CC(=O)OCc2ccccc2)NC(=O)OC(C)(C)C)c2c1C(=O)c1c(O)ccc(O)c1C2=O. The van der Waals surface area contributed by atoms with Crippen LogP contribution in [0.1, 0.15) is 97.4 Å². The number of anilines is 2. The Morgan fingerprint density at radius 1 is 0.500 bits per heavy atom. The van der Waals surface area contributed by atoms with E-state index in [2.05, 4.69) is 31.9 Å².